The van der Waals surface area contributed by atoms with E-state index in [0.717, 1.165) is 22.1 Å². The average Bonchev–Trinajstić information content (AvgIpc) is 2.93. The highest BCUT2D eigenvalue weighted by molar-refractivity contribution is 6.00. The van der Waals surface area contributed by atoms with Gasteiger partial charge in [-0.1, -0.05) is 12.1 Å². The maximum Gasteiger partial charge on any atom is 0.407 e. The van der Waals surface area contributed by atoms with E-state index in [0.29, 0.717) is 24.1 Å². The van der Waals surface area contributed by atoms with Crippen molar-refractivity contribution in [1.29, 1.82) is 0 Å². The van der Waals surface area contributed by atoms with Gasteiger partial charge < -0.3 is 19.8 Å². The van der Waals surface area contributed by atoms with Crippen LogP contribution >= 0.6 is 0 Å². The number of aryl methyl sites for hydroxylation is 1. The number of hydrogen-bond acceptors (Lipinski definition) is 4. The third-order valence-corrected chi connectivity index (χ3v) is 3.75. The zero-order valence-corrected chi connectivity index (χ0v) is 14.7. The van der Waals surface area contributed by atoms with Gasteiger partial charge in [0.15, 0.2) is 5.52 Å². The normalized spacial score (nSPS) is 11.8. The van der Waals surface area contributed by atoms with Crippen LogP contribution in [-0.2, 0) is 11.3 Å². The molecule has 3 rings (SSSR count). The summed E-state index contributed by atoms with van der Waals surface area (Å²) in [6, 6.07) is 7.46. The number of para-hydroxylation sites is 1. The highest BCUT2D eigenvalue weighted by atomic mass is 16.6. The van der Waals surface area contributed by atoms with Gasteiger partial charge in [0.25, 0.3) is 0 Å². The Morgan fingerprint density at radius 1 is 1.36 bits per heavy atom. The summed E-state index contributed by atoms with van der Waals surface area (Å²) >= 11 is 0. The van der Waals surface area contributed by atoms with E-state index in [2.05, 4.69) is 10.3 Å². The molecule has 0 aliphatic carbocycles. The van der Waals surface area contributed by atoms with Crippen molar-refractivity contribution in [3.8, 4) is 0 Å². The number of nitrogens with one attached hydrogen (secondary N) is 1. The van der Waals surface area contributed by atoms with Crippen LogP contribution in [0.4, 0.5) is 4.79 Å². The maximum absolute atomic E-state index is 12.1. The minimum atomic E-state index is -0.503. The first-order chi connectivity index (χ1) is 11.8. The summed E-state index contributed by atoms with van der Waals surface area (Å²) in [6.45, 7) is 6.67. The summed E-state index contributed by atoms with van der Waals surface area (Å²) < 4.78 is 8.06. The van der Waals surface area contributed by atoms with Gasteiger partial charge in [0.05, 0.1) is 17.2 Å². The van der Waals surface area contributed by atoms with Crippen molar-refractivity contribution < 1.29 is 14.3 Å². The van der Waals surface area contributed by atoms with Gasteiger partial charge in [-0.05, 0) is 33.3 Å². The van der Waals surface area contributed by atoms with Crippen molar-refractivity contribution in [2.75, 3.05) is 6.54 Å². The second-order valence-electron chi connectivity index (χ2n) is 6.93. The molecule has 0 saturated carbocycles. The number of ether oxygens (including phenoxy) is 1. The van der Waals surface area contributed by atoms with Crippen LogP contribution in [0.5, 0.6) is 0 Å². The summed E-state index contributed by atoms with van der Waals surface area (Å²) in [4.78, 5) is 16.0. The molecule has 0 aliphatic rings. The number of amides is 1. The number of benzene rings is 1. The van der Waals surface area contributed by atoms with Crippen molar-refractivity contribution in [2.24, 2.45) is 0 Å². The number of aromatic nitrogens is 3. The monoisotopic (exact) mass is 342 g/mol. The molecule has 1 aromatic carbocycles. The Labute approximate surface area is 145 Å². The molecule has 0 fully saturated rings. The molecule has 132 valence electrons. The van der Waals surface area contributed by atoms with Crippen molar-refractivity contribution in [2.45, 2.75) is 39.3 Å². The molecule has 7 nitrogen and oxygen atoms in total. The number of carbonyl (C=O) groups is 1. The van der Waals surface area contributed by atoms with E-state index in [1.54, 1.807) is 12.4 Å². The molecular formula is C18H22N4O3. The number of rotatable bonds is 4. The van der Waals surface area contributed by atoms with Crippen molar-refractivity contribution >= 4 is 28.0 Å². The fourth-order valence-corrected chi connectivity index (χ4v) is 2.76. The van der Waals surface area contributed by atoms with Crippen LogP contribution in [-0.4, -0.2) is 27.8 Å². The summed E-state index contributed by atoms with van der Waals surface area (Å²) in [6.07, 6.45) is 3.53. The fraction of sp³-hybridized carbons (Fsp3) is 0.389. The van der Waals surface area contributed by atoms with E-state index in [4.69, 9.17) is 4.74 Å². The smallest absolute Gasteiger partial charge is 0.407 e. The predicted octanol–water partition coefficient (Wildman–Crippen LogP) is 2.74. The SMILES string of the molecule is CC(C)(C)OC(=O)NCCCn1cnc2c[n+]([O-])c3ccccc3c21. The Bertz CT molecular complexity index is 912. The van der Waals surface area contributed by atoms with E-state index in [9.17, 15) is 10.0 Å². The lowest BCUT2D eigenvalue weighted by molar-refractivity contribution is -0.575. The van der Waals surface area contributed by atoms with Crippen molar-refractivity contribution in [3.05, 3.63) is 42.0 Å². The first-order valence-corrected chi connectivity index (χ1v) is 8.28. The maximum atomic E-state index is 12.1. The topological polar surface area (TPSA) is 83.1 Å². The number of nitrogens with zero attached hydrogens (tertiary/aromatic N) is 3. The molecule has 1 amide bonds. The Kier molecular flexibility index (Phi) is 4.48. The number of fused-ring (bicyclic) bond motifs is 3. The lowest BCUT2D eigenvalue weighted by Crippen LogP contribution is -2.33. The lowest BCUT2D eigenvalue weighted by Gasteiger charge is -2.19. The average molecular weight is 342 g/mol. The Morgan fingerprint density at radius 3 is 2.88 bits per heavy atom. The van der Waals surface area contributed by atoms with E-state index in [1.165, 1.54) is 6.20 Å². The highest BCUT2D eigenvalue weighted by Crippen LogP contribution is 2.21. The van der Waals surface area contributed by atoms with Crippen molar-refractivity contribution in [1.82, 2.24) is 14.9 Å². The van der Waals surface area contributed by atoms with Gasteiger partial charge in [0.1, 0.15) is 5.60 Å². The van der Waals surface area contributed by atoms with Crippen LogP contribution in [0.2, 0.25) is 0 Å². The standard InChI is InChI=1S/C18H22N4O3/c1-18(2,3)25-17(23)19-9-6-10-21-12-20-14-11-22(24)15-8-5-4-7-13(15)16(14)21/h4-5,7-8,11-12H,6,9-10H2,1-3H3,(H,19,23). The number of hydrogen-bond donors (Lipinski definition) is 1. The Hall–Kier alpha value is -2.83. The van der Waals surface area contributed by atoms with Crippen LogP contribution < -0.4 is 10.0 Å². The first kappa shape index (κ1) is 17.0. The van der Waals surface area contributed by atoms with Gasteiger partial charge in [-0.15, -0.1) is 0 Å². The predicted molar refractivity (Wildman–Crippen MR) is 95.1 cm³/mol. The molecule has 0 saturated heterocycles. The molecule has 2 heterocycles. The zero-order chi connectivity index (χ0) is 18.0. The quantitative estimate of drug-likeness (QED) is 0.449. The fourth-order valence-electron chi connectivity index (χ4n) is 2.76. The molecule has 0 spiro atoms. The molecule has 0 aliphatic heterocycles. The van der Waals surface area contributed by atoms with Gasteiger partial charge in [0, 0.05) is 19.2 Å². The van der Waals surface area contributed by atoms with Crippen LogP contribution in [0.15, 0.2) is 36.8 Å². The molecule has 1 N–H and O–H groups in total. The van der Waals surface area contributed by atoms with E-state index in [1.807, 2.05) is 43.5 Å². The minimum Gasteiger partial charge on any atom is -0.618 e. The largest absolute Gasteiger partial charge is 0.618 e. The van der Waals surface area contributed by atoms with Gasteiger partial charge in [-0.25, -0.2) is 9.78 Å². The first-order valence-electron chi connectivity index (χ1n) is 8.28. The van der Waals surface area contributed by atoms with E-state index >= 15 is 0 Å². The molecule has 0 bridgehead atoms. The molecular weight excluding hydrogens is 320 g/mol. The highest BCUT2D eigenvalue weighted by Gasteiger charge is 2.16. The summed E-state index contributed by atoms with van der Waals surface area (Å²) in [5.41, 5.74) is 1.70. The van der Waals surface area contributed by atoms with E-state index in [-0.39, 0.29) is 0 Å². The third-order valence-electron chi connectivity index (χ3n) is 3.75. The number of imidazole rings is 1. The van der Waals surface area contributed by atoms with Gasteiger partial charge >= 0.3 is 6.09 Å². The lowest BCUT2D eigenvalue weighted by atomic mass is 10.2. The summed E-state index contributed by atoms with van der Waals surface area (Å²) in [5.74, 6) is 0. The van der Waals surface area contributed by atoms with Crippen LogP contribution in [0.1, 0.15) is 27.2 Å². The molecule has 0 radical (unpaired) electrons. The zero-order valence-electron chi connectivity index (χ0n) is 14.7. The van der Waals surface area contributed by atoms with E-state index < -0.39 is 11.7 Å². The number of carbonyl (C=O) groups excluding carboxylic acids is 1. The molecule has 3 aromatic rings. The van der Waals surface area contributed by atoms with Crippen LogP contribution in [0.3, 0.4) is 0 Å². The Morgan fingerprint density at radius 2 is 2.12 bits per heavy atom. The number of pyridine rings is 1. The second-order valence-corrected chi connectivity index (χ2v) is 6.93. The van der Waals surface area contributed by atoms with Gasteiger partial charge in [-0.2, -0.15) is 4.73 Å². The molecule has 2 aromatic heterocycles. The summed E-state index contributed by atoms with van der Waals surface area (Å²) in [5, 5.41) is 15.7. The third kappa shape index (κ3) is 3.81. The van der Waals surface area contributed by atoms with Crippen LogP contribution in [0.25, 0.3) is 21.9 Å². The van der Waals surface area contributed by atoms with Gasteiger partial charge in [-0.3, -0.25) is 0 Å². The van der Waals surface area contributed by atoms with Gasteiger partial charge in [0.2, 0.25) is 11.7 Å². The Balaban J connectivity index is 1.71. The van der Waals surface area contributed by atoms with Crippen LogP contribution in [0, 0.1) is 5.21 Å². The second kappa shape index (κ2) is 6.58. The minimum absolute atomic E-state index is 0.416. The molecule has 25 heavy (non-hydrogen) atoms. The summed E-state index contributed by atoms with van der Waals surface area (Å²) in [7, 11) is 0. The number of alkyl carbamates (subject to hydrolysis) is 1. The molecule has 0 unspecified atom stereocenters. The molecule has 7 heteroatoms. The molecule has 0 atom stereocenters. The van der Waals surface area contributed by atoms with Crippen molar-refractivity contribution in [3.63, 3.8) is 0 Å².